The number of carbonyl (C=O) groups is 2. The van der Waals surface area contributed by atoms with Crippen LogP contribution in [0.1, 0.15) is 33.6 Å². The third-order valence-electron chi connectivity index (χ3n) is 4.31. The Balaban J connectivity index is 2.09. The number of allylic oxidation sites excluding steroid dienone is 5. The molecule has 0 aromatic heterocycles. The van der Waals surface area contributed by atoms with Crippen molar-refractivity contribution >= 4 is 23.1 Å². The largest absolute Gasteiger partial charge is 0.289 e. The molecule has 0 saturated heterocycles. The molecule has 0 radical (unpaired) electrons. The van der Waals surface area contributed by atoms with E-state index in [1.54, 1.807) is 0 Å². The second kappa shape index (κ2) is 6.40. The minimum Gasteiger partial charge on any atom is -0.289 e. The molecule has 1 aliphatic heterocycles. The lowest BCUT2D eigenvalue weighted by Crippen LogP contribution is -2.22. The topological polar surface area (TPSA) is 49.7 Å². The second-order valence-corrected chi connectivity index (χ2v) is 5.84. The predicted octanol–water partition coefficient (Wildman–Crippen LogP) is 3.96. The van der Waals surface area contributed by atoms with Gasteiger partial charge in [0, 0.05) is 11.1 Å². The fourth-order valence-electron chi connectivity index (χ4n) is 3.01. The van der Waals surface area contributed by atoms with Crippen molar-refractivity contribution in [1.82, 2.24) is 0 Å². The van der Waals surface area contributed by atoms with Gasteiger partial charge in [-0.05, 0) is 49.6 Å². The fourth-order valence-corrected chi connectivity index (χ4v) is 3.01. The van der Waals surface area contributed by atoms with E-state index < -0.39 is 0 Å². The van der Waals surface area contributed by atoms with Crippen LogP contribution in [0.4, 0.5) is 5.69 Å². The molecular weight excluding hydrogens is 300 g/mol. The number of rotatable bonds is 3. The monoisotopic (exact) mass is 320 g/mol. The van der Waals surface area contributed by atoms with Crippen molar-refractivity contribution < 1.29 is 9.59 Å². The first-order valence-corrected chi connectivity index (χ1v) is 8.22. The van der Waals surface area contributed by atoms with Crippen molar-refractivity contribution in [2.24, 2.45) is 5.10 Å². The Morgan fingerprint density at radius 2 is 1.54 bits per heavy atom. The SMILES string of the molecule is CCC1=CC(=C2C(=O)N(c3ccccc3)N=C2C)C=C(CC)C1=O. The van der Waals surface area contributed by atoms with Crippen LogP contribution in [0.15, 0.2) is 69.9 Å². The van der Waals surface area contributed by atoms with Crippen LogP contribution in [0.25, 0.3) is 0 Å². The maximum atomic E-state index is 12.9. The summed E-state index contributed by atoms with van der Waals surface area (Å²) in [4.78, 5) is 25.2. The first-order chi connectivity index (χ1) is 11.6. The van der Waals surface area contributed by atoms with Crippen LogP contribution < -0.4 is 5.01 Å². The molecule has 0 N–H and O–H groups in total. The van der Waals surface area contributed by atoms with Crippen LogP contribution in [0, 0.1) is 0 Å². The maximum Gasteiger partial charge on any atom is 0.281 e. The summed E-state index contributed by atoms with van der Waals surface area (Å²) < 4.78 is 0. The molecule has 4 nitrogen and oxygen atoms in total. The fraction of sp³-hybridized carbons (Fsp3) is 0.250. The molecule has 1 aromatic rings. The maximum absolute atomic E-state index is 12.9. The number of anilines is 1. The Bertz CT molecular complexity index is 800. The summed E-state index contributed by atoms with van der Waals surface area (Å²) in [5.41, 5.74) is 4.26. The predicted molar refractivity (Wildman–Crippen MR) is 95.8 cm³/mol. The molecular formula is C20H20N2O2. The average Bonchev–Trinajstić information content (AvgIpc) is 2.90. The van der Waals surface area contributed by atoms with Crippen molar-refractivity contribution in [2.75, 3.05) is 5.01 Å². The molecule has 122 valence electrons. The van der Waals surface area contributed by atoms with Gasteiger partial charge in [-0.25, -0.2) is 0 Å². The Morgan fingerprint density at radius 1 is 0.958 bits per heavy atom. The Kier molecular flexibility index (Phi) is 4.30. The number of para-hydroxylation sites is 1. The number of ketones is 1. The molecule has 1 aliphatic carbocycles. The molecule has 3 rings (SSSR count). The van der Waals surface area contributed by atoms with Crippen LogP contribution in [-0.2, 0) is 9.59 Å². The lowest BCUT2D eigenvalue weighted by Gasteiger charge is -2.16. The van der Waals surface area contributed by atoms with E-state index in [1.165, 1.54) is 5.01 Å². The summed E-state index contributed by atoms with van der Waals surface area (Å²) in [6.45, 7) is 5.75. The molecule has 24 heavy (non-hydrogen) atoms. The van der Waals surface area contributed by atoms with E-state index in [0.29, 0.717) is 24.1 Å². The highest BCUT2D eigenvalue weighted by Gasteiger charge is 2.32. The van der Waals surface area contributed by atoms with Crippen LogP contribution >= 0.6 is 0 Å². The highest BCUT2D eigenvalue weighted by atomic mass is 16.2. The molecule has 1 amide bonds. The molecule has 0 unspecified atom stereocenters. The molecule has 1 aromatic carbocycles. The summed E-state index contributed by atoms with van der Waals surface area (Å²) >= 11 is 0. The third-order valence-corrected chi connectivity index (χ3v) is 4.31. The normalized spacial score (nSPS) is 18.0. The van der Waals surface area contributed by atoms with Gasteiger partial charge < -0.3 is 0 Å². The first kappa shape index (κ1) is 16.1. The smallest absolute Gasteiger partial charge is 0.281 e. The van der Waals surface area contributed by atoms with E-state index >= 15 is 0 Å². The number of nitrogens with zero attached hydrogens (tertiary/aromatic N) is 2. The van der Waals surface area contributed by atoms with Gasteiger partial charge in [0.05, 0.1) is 17.0 Å². The molecule has 0 saturated carbocycles. The number of Topliss-reactive ketones (excluding diaryl/α,β-unsaturated/α-hetero) is 1. The van der Waals surface area contributed by atoms with E-state index in [-0.39, 0.29) is 11.7 Å². The van der Waals surface area contributed by atoms with Gasteiger partial charge in [0.15, 0.2) is 5.78 Å². The van der Waals surface area contributed by atoms with E-state index in [2.05, 4.69) is 5.10 Å². The molecule has 0 atom stereocenters. The summed E-state index contributed by atoms with van der Waals surface area (Å²) in [6.07, 6.45) is 4.98. The first-order valence-electron chi connectivity index (χ1n) is 8.22. The van der Waals surface area contributed by atoms with Gasteiger partial charge >= 0.3 is 0 Å². The zero-order valence-corrected chi connectivity index (χ0v) is 14.2. The van der Waals surface area contributed by atoms with Crippen LogP contribution in [0.2, 0.25) is 0 Å². The Morgan fingerprint density at radius 3 is 2.08 bits per heavy atom. The molecule has 2 aliphatic rings. The standard InChI is InChI=1S/C20H20N2O2/c1-4-14-11-16(12-15(5-2)19(14)23)18-13(3)21-22(20(18)24)17-9-7-6-8-10-17/h6-12H,4-5H2,1-3H3. The van der Waals surface area contributed by atoms with Crippen molar-refractivity contribution in [3.8, 4) is 0 Å². The van der Waals surface area contributed by atoms with E-state index in [9.17, 15) is 9.59 Å². The van der Waals surface area contributed by atoms with Gasteiger partial charge in [-0.3, -0.25) is 9.59 Å². The van der Waals surface area contributed by atoms with Gasteiger partial charge in [-0.1, -0.05) is 32.0 Å². The van der Waals surface area contributed by atoms with E-state index in [4.69, 9.17) is 0 Å². The molecule has 1 heterocycles. The highest BCUT2D eigenvalue weighted by molar-refractivity contribution is 6.31. The number of hydrogen-bond donors (Lipinski definition) is 0. The molecule has 4 heteroatoms. The summed E-state index contributed by atoms with van der Waals surface area (Å²) in [7, 11) is 0. The van der Waals surface area contributed by atoms with E-state index in [0.717, 1.165) is 22.4 Å². The summed E-state index contributed by atoms with van der Waals surface area (Å²) in [5, 5.41) is 5.84. The molecule has 0 spiro atoms. The zero-order chi connectivity index (χ0) is 17.3. The number of hydrogen-bond acceptors (Lipinski definition) is 3. The van der Waals surface area contributed by atoms with Crippen molar-refractivity contribution in [3.05, 3.63) is 64.8 Å². The van der Waals surface area contributed by atoms with Gasteiger partial charge in [0.25, 0.3) is 5.91 Å². The van der Waals surface area contributed by atoms with E-state index in [1.807, 2.05) is 63.3 Å². The van der Waals surface area contributed by atoms with Crippen LogP contribution in [0.3, 0.4) is 0 Å². The lowest BCUT2D eigenvalue weighted by atomic mass is 9.88. The second-order valence-electron chi connectivity index (χ2n) is 5.84. The van der Waals surface area contributed by atoms with Crippen molar-refractivity contribution in [2.45, 2.75) is 33.6 Å². The Labute approximate surface area is 141 Å². The van der Waals surface area contributed by atoms with Gasteiger partial charge in [0.2, 0.25) is 0 Å². The third kappa shape index (κ3) is 2.64. The lowest BCUT2D eigenvalue weighted by molar-refractivity contribution is -0.114. The number of benzene rings is 1. The highest BCUT2D eigenvalue weighted by Crippen LogP contribution is 2.30. The van der Waals surface area contributed by atoms with Gasteiger partial charge in [-0.2, -0.15) is 10.1 Å². The minimum atomic E-state index is -0.151. The van der Waals surface area contributed by atoms with Gasteiger partial charge in [-0.15, -0.1) is 0 Å². The number of amides is 1. The zero-order valence-electron chi connectivity index (χ0n) is 14.2. The van der Waals surface area contributed by atoms with Crippen LogP contribution in [-0.4, -0.2) is 17.4 Å². The van der Waals surface area contributed by atoms with Crippen molar-refractivity contribution in [1.29, 1.82) is 0 Å². The number of carbonyl (C=O) groups excluding carboxylic acids is 2. The quantitative estimate of drug-likeness (QED) is 0.792. The van der Waals surface area contributed by atoms with Crippen LogP contribution in [0.5, 0.6) is 0 Å². The molecule has 0 bridgehead atoms. The van der Waals surface area contributed by atoms with Gasteiger partial charge in [0.1, 0.15) is 0 Å². The molecule has 0 fully saturated rings. The van der Waals surface area contributed by atoms with Crippen molar-refractivity contribution in [3.63, 3.8) is 0 Å². The Hall–Kier alpha value is -2.75. The summed E-state index contributed by atoms with van der Waals surface area (Å²) in [6, 6.07) is 9.37. The average molecular weight is 320 g/mol. The number of hydrazone groups is 1. The summed E-state index contributed by atoms with van der Waals surface area (Å²) in [5.74, 6) is -0.0641. The minimum absolute atomic E-state index is 0.0873.